The molecule has 2 atom stereocenters. The van der Waals surface area contributed by atoms with Crippen molar-refractivity contribution in [2.24, 2.45) is 11.8 Å². The third kappa shape index (κ3) is 4.02. The zero-order chi connectivity index (χ0) is 21.4. The summed E-state index contributed by atoms with van der Waals surface area (Å²) in [5.74, 6) is 0.872. The maximum Gasteiger partial charge on any atom is 0.0423 e. The average Bonchev–Trinajstić information content (AvgIpc) is 3.59. The number of aryl methyl sites for hydroxylation is 1. The zero-order valence-electron chi connectivity index (χ0n) is 18.6. The second kappa shape index (κ2) is 8.30. The molecule has 1 heteroatoms. The van der Waals surface area contributed by atoms with Gasteiger partial charge in [0.2, 0.25) is 0 Å². The molecule has 2 aromatic rings. The van der Waals surface area contributed by atoms with Gasteiger partial charge in [0.05, 0.1) is 0 Å². The van der Waals surface area contributed by atoms with Crippen molar-refractivity contribution in [2.45, 2.75) is 46.0 Å². The zero-order valence-corrected chi connectivity index (χ0v) is 18.6. The van der Waals surface area contributed by atoms with Gasteiger partial charge < -0.3 is 5.41 Å². The highest BCUT2D eigenvalue weighted by atomic mass is 14.6. The third-order valence-electron chi connectivity index (χ3n) is 7.12. The molecule has 0 heterocycles. The predicted molar refractivity (Wildman–Crippen MR) is 133 cm³/mol. The van der Waals surface area contributed by atoms with Gasteiger partial charge in [-0.15, -0.1) is 0 Å². The Morgan fingerprint density at radius 2 is 1.77 bits per heavy atom. The minimum absolute atomic E-state index is 0.368. The van der Waals surface area contributed by atoms with Crippen molar-refractivity contribution in [3.8, 4) is 0 Å². The number of nitrogens with one attached hydrogen (secondary N) is 1. The SMILES string of the molecule is CCc1cccc(C(=N)C2CC2C2=CCCc3c(ccc4c3CC=C(C)C=C4)C=C2)c1. The minimum Gasteiger partial charge on any atom is -0.304 e. The Bertz CT molecular complexity index is 1150. The molecule has 1 nitrogen and oxygen atoms in total. The molecule has 3 aliphatic rings. The van der Waals surface area contributed by atoms with Crippen molar-refractivity contribution in [3.05, 3.63) is 105 Å². The normalized spacial score (nSPS) is 21.7. The van der Waals surface area contributed by atoms with Crippen LogP contribution in [-0.2, 0) is 19.3 Å². The topological polar surface area (TPSA) is 23.9 Å². The van der Waals surface area contributed by atoms with E-state index in [0.717, 1.165) is 43.4 Å². The Hall–Kier alpha value is -2.93. The number of allylic oxidation sites excluding steroid dienone is 6. The van der Waals surface area contributed by atoms with Crippen LogP contribution in [0.5, 0.6) is 0 Å². The van der Waals surface area contributed by atoms with E-state index < -0.39 is 0 Å². The second-order valence-electron chi connectivity index (χ2n) is 9.18. The fourth-order valence-electron chi connectivity index (χ4n) is 5.10. The summed E-state index contributed by atoms with van der Waals surface area (Å²) in [6.45, 7) is 4.36. The summed E-state index contributed by atoms with van der Waals surface area (Å²) in [7, 11) is 0. The molecule has 31 heavy (non-hydrogen) atoms. The van der Waals surface area contributed by atoms with Gasteiger partial charge in [-0.2, -0.15) is 0 Å². The molecule has 0 saturated heterocycles. The van der Waals surface area contributed by atoms with E-state index in [1.165, 1.54) is 39.0 Å². The van der Waals surface area contributed by atoms with Gasteiger partial charge in [0.25, 0.3) is 0 Å². The molecule has 0 aromatic heterocycles. The first-order valence-corrected chi connectivity index (χ1v) is 11.7. The lowest BCUT2D eigenvalue weighted by Crippen LogP contribution is -2.05. The monoisotopic (exact) mass is 405 g/mol. The van der Waals surface area contributed by atoms with E-state index in [-0.39, 0.29) is 0 Å². The molecule has 0 bridgehead atoms. The summed E-state index contributed by atoms with van der Waals surface area (Å²) in [6, 6.07) is 13.1. The third-order valence-corrected chi connectivity index (χ3v) is 7.12. The van der Waals surface area contributed by atoms with Gasteiger partial charge in [-0.3, -0.25) is 0 Å². The lowest BCUT2D eigenvalue weighted by molar-refractivity contribution is 0.917. The van der Waals surface area contributed by atoms with E-state index in [2.05, 4.69) is 86.7 Å². The van der Waals surface area contributed by atoms with Crippen molar-refractivity contribution in [3.63, 3.8) is 0 Å². The number of hydrogen-bond acceptors (Lipinski definition) is 1. The maximum atomic E-state index is 8.76. The van der Waals surface area contributed by atoms with E-state index in [1.807, 2.05) is 0 Å². The number of rotatable bonds is 4. The molecule has 1 saturated carbocycles. The van der Waals surface area contributed by atoms with E-state index in [4.69, 9.17) is 5.41 Å². The molecule has 3 aliphatic carbocycles. The van der Waals surface area contributed by atoms with Crippen molar-refractivity contribution in [2.75, 3.05) is 0 Å². The lowest BCUT2D eigenvalue weighted by atomic mass is 9.88. The molecule has 2 unspecified atom stereocenters. The Labute approximate surface area is 186 Å². The van der Waals surface area contributed by atoms with Gasteiger partial charge in [0.1, 0.15) is 0 Å². The molecule has 2 aromatic carbocycles. The average molecular weight is 406 g/mol. The Morgan fingerprint density at radius 3 is 2.61 bits per heavy atom. The number of fused-ring (bicyclic) bond motifs is 3. The summed E-state index contributed by atoms with van der Waals surface area (Å²) in [4.78, 5) is 0. The smallest absolute Gasteiger partial charge is 0.0423 e. The van der Waals surface area contributed by atoms with Crippen molar-refractivity contribution in [1.82, 2.24) is 0 Å². The Kier molecular flexibility index (Phi) is 5.36. The predicted octanol–water partition coefficient (Wildman–Crippen LogP) is 7.35. The lowest BCUT2D eigenvalue weighted by Gasteiger charge is -2.16. The van der Waals surface area contributed by atoms with Crippen LogP contribution in [0.15, 0.2) is 71.8 Å². The molecule has 0 aliphatic heterocycles. The van der Waals surface area contributed by atoms with Crippen LogP contribution in [0.25, 0.3) is 12.2 Å². The molecule has 156 valence electrons. The van der Waals surface area contributed by atoms with Crippen LogP contribution in [0.1, 0.15) is 60.1 Å². The fraction of sp³-hybridized carbons (Fsp3) is 0.300. The summed E-state index contributed by atoms with van der Waals surface area (Å²) in [5.41, 5.74) is 11.8. The highest BCUT2D eigenvalue weighted by Crippen LogP contribution is 2.47. The number of hydrogen-bond donors (Lipinski definition) is 1. The first kappa shape index (κ1) is 20.0. The van der Waals surface area contributed by atoms with Crippen LogP contribution in [0, 0.1) is 17.2 Å². The fourth-order valence-corrected chi connectivity index (χ4v) is 5.10. The molecule has 5 rings (SSSR count). The van der Waals surface area contributed by atoms with E-state index in [1.54, 1.807) is 0 Å². The van der Waals surface area contributed by atoms with Crippen LogP contribution in [-0.4, -0.2) is 5.71 Å². The van der Waals surface area contributed by atoms with Crippen LogP contribution in [0.4, 0.5) is 0 Å². The van der Waals surface area contributed by atoms with Crippen molar-refractivity contribution >= 4 is 17.9 Å². The minimum atomic E-state index is 0.368. The largest absolute Gasteiger partial charge is 0.304 e. The van der Waals surface area contributed by atoms with Crippen LogP contribution < -0.4 is 0 Å². The highest BCUT2D eigenvalue weighted by molar-refractivity contribution is 6.02. The standard InChI is InChI=1S/C30H31N/c1-3-21-6-4-8-25(18-21)30(31)29-19-28(29)22-7-5-9-26-24(14-13-22)16-15-23-12-10-20(2)11-17-27(23)26/h4,6-8,10-16,18,28-29,31H,3,5,9,17,19H2,1-2H3. The molecule has 0 radical (unpaired) electrons. The van der Waals surface area contributed by atoms with Gasteiger partial charge in [-0.1, -0.05) is 79.3 Å². The van der Waals surface area contributed by atoms with Crippen LogP contribution in [0.3, 0.4) is 0 Å². The van der Waals surface area contributed by atoms with Gasteiger partial charge in [-0.05, 0) is 90.0 Å². The highest BCUT2D eigenvalue weighted by Gasteiger charge is 2.42. The van der Waals surface area contributed by atoms with E-state index >= 15 is 0 Å². The molecule has 1 fully saturated rings. The summed E-state index contributed by atoms with van der Waals surface area (Å²) >= 11 is 0. The molecular weight excluding hydrogens is 374 g/mol. The Morgan fingerprint density at radius 1 is 0.968 bits per heavy atom. The maximum absolute atomic E-state index is 8.76. The van der Waals surface area contributed by atoms with E-state index in [0.29, 0.717) is 11.8 Å². The van der Waals surface area contributed by atoms with Crippen molar-refractivity contribution < 1.29 is 0 Å². The first-order chi connectivity index (χ1) is 15.1. The van der Waals surface area contributed by atoms with Gasteiger partial charge in [-0.25, -0.2) is 0 Å². The molecule has 0 amide bonds. The van der Waals surface area contributed by atoms with Gasteiger partial charge in [0.15, 0.2) is 0 Å². The molecular formula is C30H31N. The van der Waals surface area contributed by atoms with Crippen molar-refractivity contribution in [1.29, 1.82) is 5.41 Å². The van der Waals surface area contributed by atoms with Gasteiger partial charge >= 0.3 is 0 Å². The molecule has 1 N–H and O–H groups in total. The molecule has 0 spiro atoms. The summed E-state index contributed by atoms with van der Waals surface area (Å²) in [5, 5.41) is 8.76. The van der Waals surface area contributed by atoms with Crippen LogP contribution >= 0.6 is 0 Å². The number of benzene rings is 2. The first-order valence-electron chi connectivity index (χ1n) is 11.7. The van der Waals surface area contributed by atoms with Crippen LogP contribution in [0.2, 0.25) is 0 Å². The van der Waals surface area contributed by atoms with Gasteiger partial charge in [0, 0.05) is 11.6 Å². The Balaban J connectivity index is 1.35. The second-order valence-corrected chi connectivity index (χ2v) is 9.18. The summed E-state index contributed by atoms with van der Waals surface area (Å²) in [6.07, 6.45) is 19.3. The quantitative estimate of drug-likeness (QED) is 0.514. The van der Waals surface area contributed by atoms with E-state index in [9.17, 15) is 0 Å². The summed E-state index contributed by atoms with van der Waals surface area (Å²) < 4.78 is 0.